The number of hydrogen-bond donors (Lipinski definition) is 1. The second-order valence-electron chi connectivity index (χ2n) is 4.22. The average Bonchev–Trinajstić information content (AvgIpc) is 2.37. The molecule has 2 heteroatoms. The number of hydrogen-bond acceptors (Lipinski definition) is 1. The first-order valence-electron chi connectivity index (χ1n) is 4.33. The Kier molecular flexibility index (Phi) is 2.58. The lowest BCUT2D eigenvalue weighted by atomic mass is 10.1. The van der Waals surface area contributed by atoms with Crippen LogP contribution in [-0.4, -0.2) is 22.5 Å². The lowest BCUT2D eigenvalue weighted by molar-refractivity contribution is 0.165. The normalized spacial score (nSPS) is 12.4. The smallest absolute Gasteiger partial charge is 0.0387 e. The highest BCUT2D eigenvalue weighted by molar-refractivity contribution is 5.03. The highest BCUT2D eigenvalue weighted by Crippen LogP contribution is 2.13. The Morgan fingerprint density at radius 2 is 2.08 bits per heavy atom. The summed E-state index contributed by atoms with van der Waals surface area (Å²) in [7, 11) is 2.14. The van der Waals surface area contributed by atoms with E-state index in [-0.39, 0.29) is 5.54 Å². The second-order valence-corrected chi connectivity index (χ2v) is 4.22. The van der Waals surface area contributed by atoms with Crippen LogP contribution in [0.1, 0.15) is 26.5 Å². The summed E-state index contributed by atoms with van der Waals surface area (Å²) in [4.78, 5) is 5.52. The molecule has 0 aliphatic rings. The Morgan fingerprint density at radius 1 is 1.42 bits per heavy atom. The molecular formula is C10H18N2. The molecule has 1 rings (SSSR count). The van der Waals surface area contributed by atoms with Gasteiger partial charge in [-0.05, 0) is 40.0 Å². The molecule has 0 radical (unpaired) electrons. The van der Waals surface area contributed by atoms with Gasteiger partial charge in [-0.1, -0.05) is 0 Å². The minimum absolute atomic E-state index is 0.241. The van der Waals surface area contributed by atoms with Crippen LogP contribution in [0.3, 0.4) is 0 Å². The highest BCUT2D eigenvalue weighted by atomic mass is 15.2. The van der Waals surface area contributed by atoms with Crippen molar-refractivity contribution in [3.8, 4) is 0 Å². The molecule has 0 saturated heterocycles. The molecule has 1 N–H and O–H groups in total. The van der Waals surface area contributed by atoms with E-state index in [0.717, 1.165) is 6.54 Å². The van der Waals surface area contributed by atoms with Crippen LogP contribution < -0.4 is 0 Å². The number of aromatic amines is 1. The molecule has 0 bridgehead atoms. The molecule has 0 unspecified atom stereocenters. The monoisotopic (exact) mass is 166 g/mol. The molecule has 68 valence electrons. The van der Waals surface area contributed by atoms with Crippen molar-refractivity contribution in [2.45, 2.75) is 32.9 Å². The fraction of sp³-hybridized carbons (Fsp3) is 0.600. The maximum absolute atomic E-state index is 3.20. The fourth-order valence-electron chi connectivity index (χ4n) is 0.959. The van der Waals surface area contributed by atoms with E-state index >= 15 is 0 Å². The van der Waals surface area contributed by atoms with Crippen molar-refractivity contribution < 1.29 is 0 Å². The van der Waals surface area contributed by atoms with Crippen molar-refractivity contribution in [2.75, 3.05) is 7.05 Å². The molecule has 1 aromatic rings. The molecule has 0 amide bonds. The van der Waals surface area contributed by atoms with Gasteiger partial charge in [0.1, 0.15) is 0 Å². The SMILES string of the molecule is CN(Cc1ccc[nH]1)C(C)(C)C. The summed E-state index contributed by atoms with van der Waals surface area (Å²) in [6.45, 7) is 7.64. The Morgan fingerprint density at radius 3 is 2.50 bits per heavy atom. The molecule has 0 saturated carbocycles. The summed E-state index contributed by atoms with van der Waals surface area (Å²) in [5, 5.41) is 0. The summed E-state index contributed by atoms with van der Waals surface area (Å²) < 4.78 is 0. The molecule has 1 aromatic heterocycles. The predicted molar refractivity (Wildman–Crippen MR) is 52.0 cm³/mol. The molecule has 0 aliphatic heterocycles. The lowest BCUT2D eigenvalue weighted by Crippen LogP contribution is -2.37. The Bertz CT molecular complexity index is 218. The first-order valence-corrected chi connectivity index (χ1v) is 4.33. The second kappa shape index (κ2) is 3.31. The van der Waals surface area contributed by atoms with Crippen molar-refractivity contribution >= 4 is 0 Å². The van der Waals surface area contributed by atoms with E-state index in [9.17, 15) is 0 Å². The fourth-order valence-corrected chi connectivity index (χ4v) is 0.959. The van der Waals surface area contributed by atoms with E-state index in [2.05, 4.69) is 43.8 Å². The molecule has 0 atom stereocenters. The van der Waals surface area contributed by atoms with Crippen LogP contribution in [0, 0.1) is 0 Å². The van der Waals surface area contributed by atoms with Gasteiger partial charge in [0, 0.05) is 24.0 Å². The summed E-state index contributed by atoms with van der Waals surface area (Å²) in [6, 6.07) is 4.15. The minimum Gasteiger partial charge on any atom is -0.364 e. The third-order valence-corrected chi connectivity index (χ3v) is 2.22. The number of nitrogens with zero attached hydrogens (tertiary/aromatic N) is 1. The van der Waals surface area contributed by atoms with Gasteiger partial charge < -0.3 is 4.98 Å². The van der Waals surface area contributed by atoms with Gasteiger partial charge in [0.25, 0.3) is 0 Å². The Labute approximate surface area is 74.6 Å². The summed E-state index contributed by atoms with van der Waals surface area (Å²) in [5.74, 6) is 0. The molecular weight excluding hydrogens is 148 g/mol. The zero-order valence-electron chi connectivity index (χ0n) is 8.39. The number of H-pyrrole nitrogens is 1. The molecule has 0 fully saturated rings. The average molecular weight is 166 g/mol. The van der Waals surface area contributed by atoms with Crippen molar-refractivity contribution in [1.29, 1.82) is 0 Å². The van der Waals surface area contributed by atoms with E-state index in [1.165, 1.54) is 5.69 Å². The van der Waals surface area contributed by atoms with Crippen LogP contribution in [0.25, 0.3) is 0 Å². The van der Waals surface area contributed by atoms with E-state index in [1.54, 1.807) is 0 Å². The molecule has 1 heterocycles. The topological polar surface area (TPSA) is 19.0 Å². The van der Waals surface area contributed by atoms with Crippen molar-refractivity contribution in [3.63, 3.8) is 0 Å². The van der Waals surface area contributed by atoms with E-state index in [0.29, 0.717) is 0 Å². The number of aromatic nitrogens is 1. The van der Waals surface area contributed by atoms with Crippen LogP contribution in [0.5, 0.6) is 0 Å². The molecule has 0 aromatic carbocycles. The van der Waals surface area contributed by atoms with Gasteiger partial charge in [-0.25, -0.2) is 0 Å². The van der Waals surface area contributed by atoms with Gasteiger partial charge in [0.2, 0.25) is 0 Å². The van der Waals surface area contributed by atoms with Crippen molar-refractivity contribution in [1.82, 2.24) is 9.88 Å². The summed E-state index contributed by atoms with van der Waals surface area (Å²) in [6.07, 6.45) is 1.96. The van der Waals surface area contributed by atoms with Crippen LogP contribution in [0.4, 0.5) is 0 Å². The first-order chi connectivity index (χ1) is 5.50. The maximum atomic E-state index is 3.20. The summed E-state index contributed by atoms with van der Waals surface area (Å²) >= 11 is 0. The first kappa shape index (κ1) is 9.33. The zero-order valence-corrected chi connectivity index (χ0v) is 8.39. The third kappa shape index (κ3) is 2.38. The standard InChI is InChI=1S/C10H18N2/c1-10(2,3)12(4)8-9-6-5-7-11-9/h5-7,11H,8H2,1-4H3. The predicted octanol–water partition coefficient (Wildman–Crippen LogP) is 2.25. The van der Waals surface area contributed by atoms with Crippen LogP contribution >= 0.6 is 0 Å². The quantitative estimate of drug-likeness (QED) is 0.714. The Hall–Kier alpha value is -0.760. The van der Waals surface area contributed by atoms with Crippen LogP contribution in [-0.2, 0) is 6.54 Å². The van der Waals surface area contributed by atoms with Gasteiger partial charge in [-0.2, -0.15) is 0 Å². The molecule has 12 heavy (non-hydrogen) atoms. The van der Waals surface area contributed by atoms with Crippen LogP contribution in [0.2, 0.25) is 0 Å². The minimum atomic E-state index is 0.241. The lowest BCUT2D eigenvalue weighted by Gasteiger charge is -2.31. The van der Waals surface area contributed by atoms with Gasteiger partial charge in [-0.15, -0.1) is 0 Å². The summed E-state index contributed by atoms with van der Waals surface area (Å²) in [5.41, 5.74) is 1.51. The molecule has 0 spiro atoms. The van der Waals surface area contributed by atoms with Crippen molar-refractivity contribution in [3.05, 3.63) is 24.0 Å². The zero-order chi connectivity index (χ0) is 9.19. The van der Waals surface area contributed by atoms with Gasteiger partial charge in [-0.3, -0.25) is 4.90 Å². The maximum Gasteiger partial charge on any atom is 0.0387 e. The van der Waals surface area contributed by atoms with Crippen molar-refractivity contribution in [2.24, 2.45) is 0 Å². The van der Waals surface area contributed by atoms with E-state index < -0.39 is 0 Å². The highest BCUT2D eigenvalue weighted by Gasteiger charge is 2.16. The van der Waals surface area contributed by atoms with Gasteiger partial charge in [0.15, 0.2) is 0 Å². The number of nitrogens with one attached hydrogen (secondary N) is 1. The largest absolute Gasteiger partial charge is 0.364 e. The number of rotatable bonds is 2. The van der Waals surface area contributed by atoms with E-state index in [4.69, 9.17) is 0 Å². The third-order valence-electron chi connectivity index (χ3n) is 2.22. The molecule has 2 nitrogen and oxygen atoms in total. The molecule has 0 aliphatic carbocycles. The van der Waals surface area contributed by atoms with Gasteiger partial charge >= 0.3 is 0 Å². The van der Waals surface area contributed by atoms with Gasteiger partial charge in [0.05, 0.1) is 0 Å². The Balaban J connectivity index is 2.53. The van der Waals surface area contributed by atoms with E-state index in [1.807, 2.05) is 12.3 Å². The van der Waals surface area contributed by atoms with Crippen LogP contribution in [0.15, 0.2) is 18.3 Å².